The minimum atomic E-state index is 0.780. The van der Waals surface area contributed by atoms with E-state index < -0.39 is 0 Å². The van der Waals surface area contributed by atoms with E-state index in [4.69, 9.17) is 5.41 Å². The molecule has 0 aromatic carbocycles. The van der Waals surface area contributed by atoms with Crippen molar-refractivity contribution in [1.82, 2.24) is 0 Å². The van der Waals surface area contributed by atoms with E-state index in [0.29, 0.717) is 0 Å². The molecule has 0 saturated carbocycles. The minimum Gasteiger partial charge on any atom is -0.313 e. The summed E-state index contributed by atoms with van der Waals surface area (Å²) in [6.07, 6.45) is 4.20. The van der Waals surface area contributed by atoms with Gasteiger partial charge in [0.1, 0.15) is 0 Å². The Labute approximate surface area is 44.6 Å². The van der Waals surface area contributed by atoms with E-state index in [9.17, 15) is 0 Å². The van der Waals surface area contributed by atoms with Crippen molar-refractivity contribution in [2.45, 2.75) is 20.3 Å². The van der Waals surface area contributed by atoms with E-state index in [-0.39, 0.29) is 0 Å². The summed E-state index contributed by atoms with van der Waals surface area (Å²) in [4.78, 5) is 0. The summed E-state index contributed by atoms with van der Waals surface area (Å²) in [6.45, 7) is 4.06. The highest BCUT2D eigenvalue weighted by molar-refractivity contribution is 5.55. The molecule has 0 aromatic rings. The van der Waals surface area contributed by atoms with Crippen LogP contribution in [-0.4, -0.2) is 6.21 Å². The Balaban J connectivity index is 3.25. The lowest BCUT2D eigenvalue weighted by Gasteiger charge is -1.81. The second-order valence-corrected chi connectivity index (χ2v) is 1.72. The maximum atomic E-state index is 6.63. The molecule has 0 saturated heterocycles. The Morgan fingerprint density at radius 2 is 2.14 bits per heavy atom. The van der Waals surface area contributed by atoms with Gasteiger partial charge in [0, 0.05) is 6.42 Å². The van der Waals surface area contributed by atoms with Gasteiger partial charge in [-0.25, -0.2) is 0 Å². The van der Waals surface area contributed by atoms with Crippen molar-refractivity contribution >= 4 is 6.21 Å². The second-order valence-electron chi connectivity index (χ2n) is 1.72. The van der Waals surface area contributed by atoms with Crippen molar-refractivity contribution < 1.29 is 0 Å². The van der Waals surface area contributed by atoms with Crippen LogP contribution in [0.3, 0.4) is 0 Å². The Kier molecular flexibility index (Phi) is 3.29. The van der Waals surface area contributed by atoms with Crippen LogP contribution in [0.2, 0.25) is 0 Å². The van der Waals surface area contributed by atoms with E-state index >= 15 is 0 Å². The van der Waals surface area contributed by atoms with Gasteiger partial charge in [0.25, 0.3) is 0 Å². The fourth-order valence-corrected chi connectivity index (χ4v) is 0.295. The molecule has 1 N–H and O–H groups in total. The van der Waals surface area contributed by atoms with Gasteiger partial charge in [-0.05, 0) is 20.1 Å². The number of hydrogen-bond acceptors (Lipinski definition) is 1. The van der Waals surface area contributed by atoms with Crippen molar-refractivity contribution in [3.63, 3.8) is 0 Å². The third-order valence-electron chi connectivity index (χ3n) is 0.644. The predicted molar refractivity (Wildman–Crippen MR) is 32.8 cm³/mol. The molecule has 1 heteroatoms. The molecule has 0 aliphatic carbocycles. The lowest BCUT2D eigenvalue weighted by Crippen LogP contribution is -1.66. The van der Waals surface area contributed by atoms with E-state index in [1.165, 1.54) is 11.8 Å². The molecule has 0 amide bonds. The van der Waals surface area contributed by atoms with E-state index in [0.717, 1.165) is 6.42 Å². The van der Waals surface area contributed by atoms with Crippen LogP contribution in [0, 0.1) is 5.41 Å². The quantitative estimate of drug-likeness (QED) is 0.402. The molecule has 40 valence electrons. The first kappa shape index (κ1) is 6.41. The average molecular weight is 97.2 g/mol. The molecule has 0 fully saturated rings. The smallest absolute Gasteiger partial charge is 0.000229 e. The maximum absolute atomic E-state index is 6.63. The summed E-state index contributed by atoms with van der Waals surface area (Å²) in [5.41, 5.74) is 1.28. The van der Waals surface area contributed by atoms with Crippen molar-refractivity contribution in [3.05, 3.63) is 11.6 Å². The third kappa shape index (κ3) is 5.41. The van der Waals surface area contributed by atoms with Crippen LogP contribution in [0.15, 0.2) is 11.6 Å². The molecule has 0 heterocycles. The number of rotatable bonds is 2. The lowest BCUT2D eigenvalue weighted by molar-refractivity contribution is 1.31. The van der Waals surface area contributed by atoms with Crippen molar-refractivity contribution in [2.75, 3.05) is 0 Å². The second kappa shape index (κ2) is 3.59. The Morgan fingerprint density at radius 3 is 2.29 bits per heavy atom. The zero-order chi connectivity index (χ0) is 5.70. The molecule has 0 aromatic heterocycles. The van der Waals surface area contributed by atoms with Crippen molar-refractivity contribution in [2.24, 2.45) is 0 Å². The van der Waals surface area contributed by atoms with Gasteiger partial charge in [0.05, 0.1) is 0 Å². The Hall–Kier alpha value is -0.590. The lowest BCUT2D eigenvalue weighted by atomic mass is 10.3. The van der Waals surface area contributed by atoms with Crippen LogP contribution in [-0.2, 0) is 0 Å². The molecule has 0 unspecified atom stereocenters. The monoisotopic (exact) mass is 97.1 g/mol. The third-order valence-corrected chi connectivity index (χ3v) is 0.644. The minimum absolute atomic E-state index is 0.780. The molecule has 0 radical (unpaired) electrons. The van der Waals surface area contributed by atoms with Crippen LogP contribution in [0.1, 0.15) is 20.3 Å². The first-order valence-electron chi connectivity index (χ1n) is 2.39. The summed E-state index contributed by atoms with van der Waals surface area (Å²) in [6, 6.07) is 0. The van der Waals surface area contributed by atoms with E-state index in [2.05, 4.69) is 0 Å². The molecule has 0 rings (SSSR count). The zero-order valence-electron chi connectivity index (χ0n) is 4.86. The van der Waals surface area contributed by atoms with Crippen molar-refractivity contribution in [1.29, 1.82) is 5.41 Å². The Morgan fingerprint density at radius 1 is 1.57 bits per heavy atom. The first-order chi connectivity index (χ1) is 3.27. The average Bonchev–Trinajstić information content (AvgIpc) is 1.61. The maximum Gasteiger partial charge on any atom is 0.000229 e. The van der Waals surface area contributed by atoms with Crippen LogP contribution >= 0.6 is 0 Å². The van der Waals surface area contributed by atoms with Gasteiger partial charge in [0.2, 0.25) is 0 Å². The molecule has 0 bridgehead atoms. The topological polar surface area (TPSA) is 23.9 Å². The fraction of sp³-hybridized carbons (Fsp3) is 0.500. The van der Waals surface area contributed by atoms with Gasteiger partial charge in [-0.15, -0.1) is 0 Å². The zero-order valence-corrected chi connectivity index (χ0v) is 4.86. The summed E-state index contributed by atoms with van der Waals surface area (Å²) in [7, 11) is 0. The largest absolute Gasteiger partial charge is 0.313 e. The summed E-state index contributed by atoms with van der Waals surface area (Å²) in [5, 5.41) is 6.63. The standard InChI is InChI=1S/C6H11N/c1-6(2)4-3-5-7/h4-5,7H,3H2,1-2H3. The number of allylic oxidation sites excluding steroid dienone is 2. The highest BCUT2D eigenvalue weighted by Gasteiger charge is 1.70. The molecule has 1 nitrogen and oxygen atoms in total. The number of nitrogens with one attached hydrogen (secondary N) is 1. The molecule has 0 aliphatic heterocycles. The normalized spacial score (nSPS) is 7.71. The van der Waals surface area contributed by atoms with Crippen LogP contribution in [0.4, 0.5) is 0 Å². The van der Waals surface area contributed by atoms with Gasteiger partial charge in [-0.3, -0.25) is 0 Å². The highest BCUT2D eigenvalue weighted by atomic mass is 14.3. The molecular formula is C6H11N. The van der Waals surface area contributed by atoms with Crippen LogP contribution < -0.4 is 0 Å². The van der Waals surface area contributed by atoms with Crippen LogP contribution in [0.25, 0.3) is 0 Å². The van der Waals surface area contributed by atoms with Gasteiger partial charge < -0.3 is 5.41 Å². The summed E-state index contributed by atoms with van der Waals surface area (Å²) >= 11 is 0. The van der Waals surface area contributed by atoms with Gasteiger partial charge in [0.15, 0.2) is 0 Å². The highest BCUT2D eigenvalue weighted by Crippen LogP contribution is 1.88. The Bertz CT molecular complexity index is 78.2. The number of hydrogen-bond donors (Lipinski definition) is 1. The fourth-order valence-electron chi connectivity index (χ4n) is 0.295. The first-order valence-corrected chi connectivity index (χ1v) is 2.39. The molecule has 0 aliphatic rings. The van der Waals surface area contributed by atoms with Gasteiger partial charge >= 0.3 is 0 Å². The van der Waals surface area contributed by atoms with E-state index in [1.807, 2.05) is 19.9 Å². The van der Waals surface area contributed by atoms with Crippen molar-refractivity contribution in [3.8, 4) is 0 Å². The van der Waals surface area contributed by atoms with Crippen LogP contribution in [0.5, 0.6) is 0 Å². The van der Waals surface area contributed by atoms with E-state index in [1.54, 1.807) is 0 Å². The van der Waals surface area contributed by atoms with Gasteiger partial charge in [-0.2, -0.15) is 0 Å². The SMILES string of the molecule is CC(C)=CCC=N. The molecular weight excluding hydrogens is 86.1 g/mol. The predicted octanol–water partition coefficient (Wildman–Crippen LogP) is 1.99. The molecule has 0 atom stereocenters. The molecule has 0 spiro atoms. The summed E-state index contributed by atoms with van der Waals surface area (Å²) in [5.74, 6) is 0. The van der Waals surface area contributed by atoms with Gasteiger partial charge in [-0.1, -0.05) is 11.6 Å². The summed E-state index contributed by atoms with van der Waals surface area (Å²) < 4.78 is 0. The molecule has 7 heavy (non-hydrogen) atoms.